The van der Waals surface area contributed by atoms with E-state index in [1.54, 1.807) is 31.1 Å². The lowest BCUT2D eigenvalue weighted by atomic mass is 10.0. The Morgan fingerprint density at radius 2 is 1.89 bits per heavy atom. The maximum atomic E-state index is 13.4. The van der Waals surface area contributed by atoms with Gasteiger partial charge < -0.3 is 34.5 Å². The number of methoxy groups -OCH3 is 1. The van der Waals surface area contributed by atoms with Crippen LogP contribution in [0, 0.1) is 6.92 Å². The topological polar surface area (TPSA) is 143 Å². The van der Waals surface area contributed by atoms with E-state index in [4.69, 9.17) is 19.0 Å². The Labute approximate surface area is 207 Å². The molecule has 0 spiro atoms. The molecular weight excluding hydrogens is 468 g/mol. The summed E-state index contributed by atoms with van der Waals surface area (Å²) < 4.78 is 16.0. The van der Waals surface area contributed by atoms with Crippen molar-refractivity contribution in [2.24, 2.45) is 0 Å². The van der Waals surface area contributed by atoms with Crippen molar-refractivity contribution in [3.8, 4) is 5.75 Å². The van der Waals surface area contributed by atoms with Gasteiger partial charge in [-0.1, -0.05) is 18.2 Å². The van der Waals surface area contributed by atoms with Crippen molar-refractivity contribution in [3.63, 3.8) is 0 Å². The van der Waals surface area contributed by atoms with Gasteiger partial charge >= 0.3 is 11.7 Å². The fourth-order valence-corrected chi connectivity index (χ4v) is 4.14. The highest BCUT2D eigenvalue weighted by Gasteiger charge is 2.27. The molecule has 0 radical (unpaired) electrons. The summed E-state index contributed by atoms with van der Waals surface area (Å²) >= 11 is 0. The summed E-state index contributed by atoms with van der Waals surface area (Å²) in [5.74, 6) is 0.559. The van der Waals surface area contributed by atoms with E-state index < -0.39 is 17.8 Å². The largest absolute Gasteiger partial charge is 0.497 e. The van der Waals surface area contributed by atoms with Gasteiger partial charge in [-0.15, -0.1) is 0 Å². The van der Waals surface area contributed by atoms with Gasteiger partial charge in [0.05, 0.1) is 31.2 Å². The lowest BCUT2D eigenvalue weighted by Gasteiger charge is -2.30. The maximum absolute atomic E-state index is 13.4. The van der Waals surface area contributed by atoms with Crippen LogP contribution < -0.4 is 21.0 Å². The minimum atomic E-state index is -1.16. The molecule has 0 bridgehead atoms. The number of carbonyl (C=O) groups excluding carboxylic acids is 1. The second kappa shape index (κ2) is 11.1. The number of hydrogen-bond donors (Lipinski definition) is 3. The molecule has 1 aliphatic heterocycles. The number of aromatic nitrogens is 1. The van der Waals surface area contributed by atoms with Crippen LogP contribution in [0.25, 0.3) is 10.9 Å². The summed E-state index contributed by atoms with van der Waals surface area (Å²) in [5, 5.41) is 14.4. The van der Waals surface area contributed by atoms with Crippen molar-refractivity contribution < 1.29 is 28.6 Å². The highest BCUT2D eigenvalue weighted by molar-refractivity contribution is 5.86. The van der Waals surface area contributed by atoms with Crippen LogP contribution in [0.1, 0.15) is 16.7 Å². The minimum Gasteiger partial charge on any atom is -0.497 e. The van der Waals surface area contributed by atoms with Gasteiger partial charge in [0.15, 0.2) is 0 Å². The summed E-state index contributed by atoms with van der Waals surface area (Å²) in [6.07, 6.45) is -0.824. The van der Waals surface area contributed by atoms with Crippen molar-refractivity contribution in [1.82, 2.24) is 15.2 Å². The third-order valence-corrected chi connectivity index (χ3v) is 6.12. The molecule has 2 amide bonds. The number of nitrogens with zero attached hydrogens (tertiary/aromatic N) is 2. The smallest absolute Gasteiger partial charge is 0.404 e. The van der Waals surface area contributed by atoms with Gasteiger partial charge in [0.25, 0.3) is 6.01 Å². The number of aryl methyl sites for hydroxylation is 1. The highest BCUT2D eigenvalue weighted by Crippen LogP contribution is 2.21. The highest BCUT2D eigenvalue weighted by atomic mass is 16.5. The second-order valence-electron chi connectivity index (χ2n) is 8.40. The number of nitrogens with one attached hydrogen (secondary N) is 2. The number of rotatable bonds is 8. The summed E-state index contributed by atoms with van der Waals surface area (Å²) in [7, 11) is 1.59. The fourth-order valence-electron chi connectivity index (χ4n) is 4.14. The lowest BCUT2D eigenvalue weighted by molar-refractivity contribution is -0.136. The van der Waals surface area contributed by atoms with Crippen molar-refractivity contribution >= 4 is 28.9 Å². The molecule has 1 aromatic heterocycles. The Hall–Kier alpha value is -4.12. The third-order valence-electron chi connectivity index (χ3n) is 6.12. The van der Waals surface area contributed by atoms with E-state index >= 15 is 0 Å². The number of ether oxygens (including phenoxy) is 2. The van der Waals surface area contributed by atoms with Crippen LogP contribution in [0.3, 0.4) is 0 Å². The molecule has 1 atom stereocenters. The van der Waals surface area contributed by atoms with Crippen molar-refractivity contribution in [2.75, 3.05) is 38.7 Å². The first-order chi connectivity index (χ1) is 17.4. The quantitative estimate of drug-likeness (QED) is 0.427. The van der Waals surface area contributed by atoms with E-state index in [1.807, 2.05) is 24.3 Å². The molecule has 3 aromatic rings. The van der Waals surface area contributed by atoms with E-state index in [-0.39, 0.29) is 23.9 Å². The number of fused-ring (bicyclic) bond motifs is 1. The normalized spacial score (nSPS) is 14.3. The van der Waals surface area contributed by atoms with Crippen LogP contribution in [-0.4, -0.2) is 66.4 Å². The molecule has 0 unspecified atom stereocenters. The van der Waals surface area contributed by atoms with Gasteiger partial charge in [-0.3, -0.25) is 4.79 Å². The zero-order valence-electron chi connectivity index (χ0n) is 20.1. The van der Waals surface area contributed by atoms with Crippen molar-refractivity contribution in [3.05, 3.63) is 63.5 Å². The van der Waals surface area contributed by atoms with Gasteiger partial charge in [-0.2, -0.15) is 4.98 Å². The van der Waals surface area contributed by atoms with E-state index in [0.29, 0.717) is 55.1 Å². The number of carbonyl (C=O) groups is 2. The molecule has 1 fully saturated rings. The Morgan fingerprint density at radius 3 is 2.56 bits per heavy atom. The SMILES string of the molecule is COc1ccc(C[C@H](Nc2nc3ccc(CNC(=O)O)c(C)c3c(=O)o2)C(=O)N2CCOCC2)cc1. The van der Waals surface area contributed by atoms with Gasteiger partial charge in [0.2, 0.25) is 5.91 Å². The molecule has 1 saturated heterocycles. The summed E-state index contributed by atoms with van der Waals surface area (Å²) in [6.45, 7) is 3.63. The molecule has 4 rings (SSSR count). The molecule has 1 aliphatic rings. The van der Waals surface area contributed by atoms with Crippen LogP contribution >= 0.6 is 0 Å². The Bertz CT molecular complexity index is 1300. The van der Waals surface area contributed by atoms with E-state index in [9.17, 15) is 14.4 Å². The van der Waals surface area contributed by atoms with E-state index in [2.05, 4.69) is 15.6 Å². The summed E-state index contributed by atoms with van der Waals surface area (Å²) in [4.78, 5) is 43.3. The molecule has 2 heterocycles. The van der Waals surface area contributed by atoms with Crippen molar-refractivity contribution in [1.29, 1.82) is 0 Å². The Morgan fingerprint density at radius 1 is 1.17 bits per heavy atom. The zero-order chi connectivity index (χ0) is 25.7. The Balaban J connectivity index is 1.63. The Kier molecular flexibility index (Phi) is 7.69. The molecule has 36 heavy (non-hydrogen) atoms. The number of amides is 2. The minimum absolute atomic E-state index is 0.0501. The van der Waals surface area contributed by atoms with Crippen LogP contribution in [0.4, 0.5) is 10.8 Å². The van der Waals surface area contributed by atoms with Gasteiger partial charge in [0, 0.05) is 26.1 Å². The molecule has 3 N–H and O–H groups in total. The van der Waals surface area contributed by atoms with E-state index in [0.717, 1.165) is 5.56 Å². The zero-order valence-corrected chi connectivity index (χ0v) is 20.1. The maximum Gasteiger partial charge on any atom is 0.404 e. The molecular formula is C25H28N4O7. The van der Waals surface area contributed by atoms with Crippen molar-refractivity contribution in [2.45, 2.75) is 25.9 Å². The molecule has 0 aliphatic carbocycles. The third kappa shape index (κ3) is 5.74. The van der Waals surface area contributed by atoms with Gasteiger partial charge in [-0.05, 0) is 41.8 Å². The van der Waals surface area contributed by atoms with Gasteiger partial charge in [-0.25, -0.2) is 9.59 Å². The van der Waals surface area contributed by atoms with Crippen LogP contribution in [0.15, 0.2) is 45.6 Å². The monoisotopic (exact) mass is 496 g/mol. The lowest BCUT2D eigenvalue weighted by Crippen LogP contribution is -2.49. The van der Waals surface area contributed by atoms with Gasteiger partial charge in [0.1, 0.15) is 11.8 Å². The number of carboxylic acid groups (broad SMARTS) is 1. The first-order valence-corrected chi connectivity index (χ1v) is 11.5. The van der Waals surface area contributed by atoms with Crippen LogP contribution in [0.5, 0.6) is 5.75 Å². The number of morpholine rings is 1. The first-order valence-electron chi connectivity index (χ1n) is 11.5. The fraction of sp³-hybridized carbons (Fsp3) is 0.360. The van der Waals surface area contributed by atoms with Crippen LogP contribution in [0.2, 0.25) is 0 Å². The molecule has 0 saturated carbocycles. The second-order valence-corrected chi connectivity index (χ2v) is 8.40. The molecule has 190 valence electrons. The summed E-state index contributed by atoms with van der Waals surface area (Å²) in [5.41, 5.74) is 1.86. The molecule has 11 nitrogen and oxygen atoms in total. The van der Waals surface area contributed by atoms with Crippen LogP contribution in [-0.2, 0) is 22.5 Å². The predicted molar refractivity (Wildman–Crippen MR) is 131 cm³/mol. The van der Waals surface area contributed by atoms with E-state index in [1.165, 1.54) is 0 Å². The first kappa shape index (κ1) is 25.0. The molecule has 2 aromatic carbocycles. The number of benzene rings is 2. The molecule has 11 heteroatoms. The predicted octanol–water partition coefficient (Wildman–Crippen LogP) is 2.15. The standard InChI is InChI=1S/C25H28N4O7/c1-15-17(14-26-25(32)33)5-8-19-21(15)23(31)36-24(27-19)28-20(22(30)29-9-11-35-12-10-29)13-16-3-6-18(34-2)7-4-16/h3-8,20,26H,9-14H2,1-2H3,(H,27,28)(H,32,33)/t20-/m0/s1. The average molecular weight is 497 g/mol. The number of anilines is 1. The average Bonchev–Trinajstić information content (AvgIpc) is 2.88. The number of hydrogen-bond acceptors (Lipinski definition) is 8. The summed E-state index contributed by atoms with van der Waals surface area (Å²) in [6, 6.07) is 9.93.